The quantitative estimate of drug-likeness (QED) is 0.317. The summed E-state index contributed by atoms with van der Waals surface area (Å²) in [5.74, 6) is 0.931. The molecule has 0 atom stereocenters. The van der Waals surface area contributed by atoms with Crippen molar-refractivity contribution in [3.05, 3.63) is 65.0 Å². The van der Waals surface area contributed by atoms with Gasteiger partial charge in [-0.15, -0.1) is 0 Å². The fraction of sp³-hybridized carbons (Fsp3) is 0.407. The normalized spacial score (nSPS) is 17.0. The minimum atomic E-state index is -0.0728. The van der Waals surface area contributed by atoms with Gasteiger partial charge in [-0.05, 0) is 56.4 Å². The number of anilines is 2. The van der Waals surface area contributed by atoms with Gasteiger partial charge in [0, 0.05) is 36.4 Å². The number of amidine groups is 2. The van der Waals surface area contributed by atoms with Gasteiger partial charge in [-0.3, -0.25) is 20.3 Å². The van der Waals surface area contributed by atoms with Crippen LogP contribution in [-0.4, -0.2) is 40.4 Å². The third-order valence-corrected chi connectivity index (χ3v) is 6.87. The molecule has 1 fully saturated rings. The van der Waals surface area contributed by atoms with E-state index < -0.39 is 0 Å². The van der Waals surface area contributed by atoms with Crippen molar-refractivity contribution in [2.75, 3.05) is 22.9 Å². The molecule has 8 nitrogen and oxygen atoms in total. The Labute approximate surface area is 207 Å². The number of nitrogens with one attached hydrogen (secondary N) is 2. The van der Waals surface area contributed by atoms with Gasteiger partial charge >= 0.3 is 0 Å². The number of rotatable bonds is 7. The van der Waals surface area contributed by atoms with E-state index in [4.69, 9.17) is 16.6 Å². The molecule has 4 N–H and O–H groups in total. The fourth-order valence-electron chi connectivity index (χ4n) is 4.54. The molecule has 0 spiro atoms. The SMILES string of the molecule is C/C(=C/C=C\Cn1nc(C(=N)N)c2c1C(=N)N(c1ccc(N3CCCCC3=O)cc1)CC2)C(C)C. The number of nitrogens with zero attached hydrogens (tertiary/aromatic N) is 4. The van der Waals surface area contributed by atoms with Crippen LogP contribution < -0.4 is 15.5 Å². The Hall–Kier alpha value is -3.68. The molecule has 2 aromatic rings. The standard InChI is InChI=1S/C27H35N7O/c1-18(2)19(3)8-4-7-16-34-25-22(24(31-34)26(28)29)14-17-33(27(25)30)21-12-10-20(11-13-21)32-15-6-5-9-23(32)35/h4,7-8,10-13,18,30H,5-6,9,14-17H2,1-3H3,(H3,28,29)/b7-4-,19-8-,30-27?. The average Bonchev–Trinajstić information content (AvgIpc) is 3.22. The lowest BCUT2D eigenvalue weighted by molar-refractivity contribution is -0.119. The van der Waals surface area contributed by atoms with Crippen molar-refractivity contribution < 1.29 is 4.79 Å². The van der Waals surface area contributed by atoms with Crippen LogP contribution in [-0.2, 0) is 17.8 Å². The van der Waals surface area contributed by atoms with Crippen LogP contribution in [0.1, 0.15) is 57.0 Å². The second-order valence-corrected chi connectivity index (χ2v) is 9.53. The van der Waals surface area contributed by atoms with Gasteiger partial charge in [0.15, 0.2) is 5.84 Å². The van der Waals surface area contributed by atoms with E-state index in [0.717, 1.165) is 36.3 Å². The summed E-state index contributed by atoms with van der Waals surface area (Å²) in [5.41, 5.74) is 11.0. The molecular formula is C27H35N7O. The van der Waals surface area contributed by atoms with Crippen LogP contribution in [0.3, 0.4) is 0 Å². The predicted molar refractivity (Wildman–Crippen MR) is 142 cm³/mol. The fourth-order valence-corrected chi connectivity index (χ4v) is 4.54. The van der Waals surface area contributed by atoms with E-state index >= 15 is 0 Å². The molecule has 1 saturated heterocycles. The van der Waals surface area contributed by atoms with Gasteiger partial charge < -0.3 is 15.5 Å². The van der Waals surface area contributed by atoms with Crippen LogP contribution in [0, 0.1) is 16.7 Å². The van der Waals surface area contributed by atoms with E-state index in [0.29, 0.717) is 49.1 Å². The molecular weight excluding hydrogens is 438 g/mol. The molecule has 35 heavy (non-hydrogen) atoms. The van der Waals surface area contributed by atoms with Gasteiger partial charge in [0.25, 0.3) is 0 Å². The van der Waals surface area contributed by atoms with Crippen molar-refractivity contribution in [1.82, 2.24) is 9.78 Å². The smallest absolute Gasteiger partial charge is 0.226 e. The Bertz CT molecular complexity index is 1190. The van der Waals surface area contributed by atoms with Crippen LogP contribution in [0.4, 0.5) is 11.4 Å². The van der Waals surface area contributed by atoms with Gasteiger partial charge in [0.05, 0.1) is 6.54 Å². The molecule has 1 aromatic heterocycles. The lowest BCUT2D eigenvalue weighted by Gasteiger charge is -2.31. The Morgan fingerprint density at radius 1 is 1.11 bits per heavy atom. The van der Waals surface area contributed by atoms with Crippen LogP contribution >= 0.6 is 0 Å². The number of aromatic nitrogens is 2. The predicted octanol–water partition coefficient (Wildman–Crippen LogP) is 4.23. The first-order valence-corrected chi connectivity index (χ1v) is 12.3. The highest BCUT2D eigenvalue weighted by atomic mass is 16.2. The number of hydrogen-bond donors (Lipinski definition) is 3. The summed E-state index contributed by atoms with van der Waals surface area (Å²) in [6.45, 7) is 8.28. The second-order valence-electron chi connectivity index (χ2n) is 9.53. The molecule has 3 heterocycles. The Morgan fingerprint density at radius 3 is 2.43 bits per heavy atom. The summed E-state index contributed by atoms with van der Waals surface area (Å²) >= 11 is 0. The topological polar surface area (TPSA) is 115 Å². The number of nitrogen functional groups attached to an aromatic ring is 1. The van der Waals surface area contributed by atoms with E-state index in [1.54, 1.807) is 4.68 Å². The molecule has 2 aliphatic heterocycles. The largest absolute Gasteiger partial charge is 0.382 e. The zero-order valence-corrected chi connectivity index (χ0v) is 20.8. The lowest BCUT2D eigenvalue weighted by Crippen LogP contribution is -2.39. The minimum absolute atomic E-state index is 0.0728. The summed E-state index contributed by atoms with van der Waals surface area (Å²) in [6, 6.07) is 7.88. The maximum Gasteiger partial charge on any atom is 0.226 e. The van der Waals surface area contributed by atoms with Crippen LogP contribution in [0.5, 0.6) is 0 Å². The van der Waals surface area contributed by atoms with Gasteiger partial charge in [-0.1, -0.05) is 37.6 Å². The third kappa shape index (κ3) is 5.06. The van der Waals surface area contributed by atoms with Crippen molar-refractivity contribution in [3.8, 4) is 0 Å². The lowest BCUT2D eigenvalue weighted by atomic mass is 10.0. The Balaban J connectivity index is 1.58. The molecule has 2 aliphatic rings. The number of amides is 1. The first kappa shape index (κ1) is 24.4. The summed E-state index contributed by atoms with van der Waals surface area (Å²) in [4.78, 5) is 16.1. The first-order chi connectivity index (χ1) is 16.8. The van der Waals surface area contributed by atoms with Crippen LogP contribution in [0.25, 0.3) is 0 Å². The molecule has 0 aliphatic carbocycles. The summed E-state index contributed by atoms with van der Waals surface area (Å²) in [5, 5.41) is 21.6. The molecule has 184 valence electrons. The summed E-state index contributed by atoms with van der Waals surface area (Å²) in [6.07, 6.45) is 9.36. The van der Waals surface area contributed by atoms with Gasteiger partial charge in [0.1, 0.15) is 17.2 Å². The highest BCUT2D eigenvalue weighted by molar-refractivity contribution is 6.11. The van der Waals surface area contributed by atoms with Crippen molar-refractivity contribution >= 4 is 29.0 Å². The van der Waals surface area contributed by atoms with Crippen molar-refractivity contribution in [3.63, 3.8) is 0 Å². The summed E-state index contributed by atoms with van der Waals surface area (Å²) in [7, 11) is 0. The Kier molecular flexibility index (Phi) is 7.19. The van der Waals surface area contributed by atoms with E-state index in [9.17, 15) is 4.79 Å². The number of benzene rings is 1. The first-order valence-electron chi connectivity index (χ1n) is 12.3. The molecule has 0 saturated carbocycles. The van der Waals surface area contributed by atoms with Gasteiger partial charge in [-0.25, -0.2) is 0 Å². The van der Waals surface area contributed by atoms with Gasteiger partial charge in [0.2, 0.25) is 5.91 Å². The number of hydrogen-bond acceptors (Lipinski definition) is 4. The highest BCUT2D eigenvalue weighted by Crippen LogP contribution is 2.29. The third-order valence-electron chi connectivity index (χ3n) is 6.87. The van der Waals surface area contributed by atoms with Crippen molar-refractivity contribution in [2.45, 2.75) is 53.0 Å². The van der Waals surface area contributed by atoms with E-state index in [1.807, 2.05) is 46.2 Å². The monoisotopic (exact) mass is 473 g/mol. The number of carbonyl (C=O) groups is 1. The molecule has 8 heteroatoms. The molecule has 1 aromatic carbocycles. The van der Waals surface area contributed by atoms with Crippen LogP contribution in [0.2, 0.25) is 0 Å². The highest BCUT2D eigenvalue weighted by Gasteiger charge is 2.31. The number of nitrogens with two attached hydrogens (primary N) is 1. The minimum Gasteiger partial charge on any atom is -0.382 e. The number of carbonyl (C=O) groups excluding carboxylic acids is 1. The molecule has 0 radical (unpaired) electrons. The summed E-state index contributed by atoms with van der Waals surface area (Å²) < 4.78 is 1.77. The number of fused-ring (bicyclic) bond motifs is 1. The van der Waals surface area contributed by atoms with Crippen molar-refractivity contribution in [2.24, 2.45) is 11.7 Å². The maximum atomic E-state index is 12.3. The maximum absolute atomic E-state index is 12.3. The van der Waals surface area contributed by atoms with E-state index in [-0.39, 0.29) is 11.7 Å². The molecule has 0 bridgehead atoms. The average molecular weight is 474 g/mol. The number of allylic oxidation sites excluding steroid dienone is 4. The second kappa shape index (κ2) is 10.3. The van der Waals surface area contributed by atoms with E-state index in [2.05, 4.69) is 31.9 Å². The Morgan fingerprint density at radius 2 is 1.80 bits per heavy atom. The number of piperidine rings is 1. The zero-order valence-electron chi connectivity index (χ0n) is 20.8. The molecule has 4 rings (SSSR count). The van der Waals surface area contributed by atoms with E-state index in [1.165, 1.54) is 5.57 Å². The molecule has 1 amide bonds. The van der Waals surface area contributed by atoms with Gasteiger partial charge in [-0.2, -0.15) is 5.10 Å². The van der Waals surface area contributed by atoms with Crippen LogP contribution in [0.15, 0.2) is 48.1 Å². The zero-order chi connectivity index (χ0) is 25.1. The van der Waals surface area contributed by atoms with Crippen molar-refractivity contribution in [1.29, 1.82) is 10.8 Å². The molecule has 0 unspecified atom stereocenters.